The van der Waals surface area contributed by atoms with E-state index in [2.05, 4.69) is 4.90 Å². The number of amides is 1. The molecule has 0 bridgehead atoms. The summed E-state index contributed by atoms with van der Waals surface area (Å²) in [6.07, 6.45) is 0.706. The Balaban J connectivity index is 1.68. The minimum atomic E-state index is -0.752. The number of para-hydroxylation sites is 1. The molecule has 0 radical (unpaired) electrons. The summed E-state index contributed by atoms with van der Waals surface area (Å²) in [7, 11) is 1.55. The highest BCUT2D eigenvalue weighted by molar-refractivity contribution is 6.46. The van der Waals surface area contributed by atoms with Crippen LogP contribution in [0.5, 0.6) is 11.5 Å². The monoisotopic (exact) mass is 494 g/mol. The first kappa shape index (κ1) is 25.7. The molecule has 1 N–H and O–H groups in total. The number of ether oxygens (including phenoxy) is 3. The molecular weight excluding hydrogens is 460 g/mol. The van der Waals surface area contributed by atoms with E-state index in [1.807, 2.05) is 32.0 Å². The van der Waals surface area contributed by atoms with E-state index in [4.69, 9.17) is 14.2 Å². The molecule has 2 aliphatic rings. The lowest BCUT2D eigenvalue weighted by Gasteiger charge is -2.29. The van der Waals surface area contributed by atoms with Crippen LogP contribution in [-0.4, -0.2) is 79.2 Å². The first-order chi connectivity index (χ1) is 17.4. The van der Waals surface area contributed by atoms with Crippen LogP contribution in [0.2, 0.25) is 0 Å². The molecule has 192 valence electrons. The van der Waals surface area contributed by atoms with Crippen molar-refractivity contribution in [3.8, 4) is 11.5 Å². The van der Waals surface area contributed by atoms with Crippen LogP contribution in [0.3, 0.4) is 0 Å². The van der Waals surface area contributed by atoms with Gasteiger partial charge in [-0.25, -0.2) is 0 Å². The Kier molecular flexibility index (Phi) is 8.28. The Hall–Kier alpha value is -3.36. The van der Waals surface area contributed by atoms with Crippen molar-refractivity contribution in [1.29, 1.82) is 0 Å². The fourth-order valence-electron chi connectivity index (χ4n) is 4.73. The van der Waals surface area contributed by atoms with Crippen molar-refractivity contribution in [2.75, 3.05) is 46.5 Å². The summed E-state index contributed by atoms with van der Waals surface area (Å²) in [4.78, 5) is 30.4. The number of aliphatic hydroxyl groups excluding tert-OH is 1. The largest absolute Gasteiger partial charge is 0.507 e. The Morgan fingerprint density at radius 3 is 2.42 bits per heavy atom. The number of methoxy groups -OCH3 is 1. The van der Waals surface area contributed by atoms with Crippen molar-refractivity contribution in [2.24, 2.45) is 0 Å². The number of carbonyl (C=O) groups excluding carboxylic acids is 2. The van der Waals surface area contributed by atoms with E-state index in [0.29, 0.717) is 48.8 Å². The maximum Gasteiger partial charge on any atom is 0.295 e. The number of ketones is 1. The van der Waals surface area contributed by atoms with Crippen LogP contribution >= 0.6 is 0 Å². The molecule has 36 heavy (non-hydrogen) atoms. The minimum Gasteiger partial charge on any atom is -0.507 e. The Labute approximate surface area is 212 Å². The maximum atomic E-state index is 13.3. The number of morpholine rings is 1. The molecule has 8 heteroatoms. The van der Waals surface area contributed by atoms with Crippen molar-refractivity contribution in [3.05, 3.63) is 65.2 Å². The fourth-order valence-corrected chi connectivity index (χ4v) is 4.73. The Morgan fingerprint density at radius 1 is 1.06 bits per heavy atom. The van der Waals surface area contributed by atoms with Gasteiger partial charge >= 0.3 is 0 Å². The average Bonchev–Trinajstić information content (AvgIpc) is 3.14. The lowest BCUT2D eigenvalue weighted by atomic mass is 9.94. The summed E-state index contributed by atoms with van der Waals surface area (Å²) in [6, 6.07) is 13.4. The van der Waals surface area contributed by atoms with E-state index in [1.54, 1.807) is 42.3 Å². The number of hydrogen-bond donors (Lipinski definition) is 1. The molecule has 0 unspecified atom stereocenters. The molecule has 2 aromatic carbocycles. The minimum absolute atomic E-state index is 0.0118. The number of benzene rings is 2. The van der Waals surface area contributed by atoms with Gasteiger partial charge in [-0.1, -0.05) is 18.2 Å². The molecule has 2 saturated heterocycles. The first-order valence-corrected chi connectivity index (χ1v) is 12.4. The SMILES string of the molecule is COc1ccccc1[C@H]1/C(=C(\O)c2ccc(OC(C)C)cc2)C(=O)C(=O)N1CCCN1CCOCC1. The van der Waals surface area contributed by atoms with Gasteiger partial charge < -0.3 is 24.2 Å². The van der Waals surface area contributed by atoms with Crippen LogP contribution in [0.1, 0.15) is 37.4 Å². The van der Waals surface area contributed by atoms with Gasteiger partial charge in [0, 0.05) is 37.3 Å². The summed E-state index contributed by atoms with van der Waals surface area (Å²) in [5.74, 6) is -0.317. The zero-order valence-corrected chi connectivity index (χ0v) is 21.1. The number of nitrogens with zero attached hydrogens (tertiary/aromatic N) is 2. The molecule has 2 heterocycles. The first-order valence-electron chi connectivity index (χ1n) is 12.4. The second-order valence-corrected chi connectivity index (χ2v) is 9.23. The van der Waals surface area contributed by atoms with Gasteiger partial charge in [0.05, 0.1) is 38.0 Å². The van der Waals surface area contributed by atoms with Crippen LogP contribution in [0.15, 0.2) is 54.1 Å². The van der Waals surface area contributed by atoms with Gasteiger partial charge in [0.15, 0.2) is 0 Å². The van der Waals surface area contributed by atoms with Crippen LogP contribution < -0.4 is 9.47 Å². The zero-order valence-electron chi connectivity index (χ0n) is 21.1. The van der Waals surface area contributed by atoms with E-state index >= 15 is 0 Å². The second-order valence-electron chi connectivity index (χ2n) is 9.23. The number of Topliss-reactive ketones (excluding diaryl/α,β-unsaturated/α-hetero) is 1. The molecular formula is C28H34N2O6. The fraction of sp³-hybridized carbons (Fsp3) is 0.429. The molecule has 0 spiro atoms. The van der Waals surface area contributed by atoms with Crippen molar-refractivity contribution in [3.63, 3.8) is 0 Å². The molecule has 1 atom stereocenters. The topological polar surface area (TPSA) is 88.5 Å². The Morgan fingerprint density at radius 2 is 1.75 bits per heavy atom. The van der Waals surface area contributed by atoms with Gasteiger partial charge in [-0.2, -0.15) is 0 Å². The van der Waals surface area contributed by atoms with Crippen LogP contribution in [-0.2, 0) is 14.3 Å². The molecule has 1 amide bonds. The highest BCUT2D eigenvalue weighted by Crippen LogP contribution is 2.42. The summed E-state index contributed by atoms with van der Waals surface area (Å²) >= 11 is 0. The third-order valence-electron chi connectivity index (χ3n) is 6.45. The number of hydrogen-bond acceptors (Lipinski definition) is 7. The molecule has 0 saturated carbocycles. The quantitative estimate of drug-likeness (QED) is 0.324. The van der Waals surface area contributed by atoms with Gasteiger partial charge in [0.2, 0.25) is 0 Å². The molecule has 2 aromatic rings. The van der Waals surface area contributed by atoms with Crippen molar-refractivity contribution >= 4 is 17.4 Å². The number of aliphatic hydroxyl groups is 1. The summed E-state index contributed by atoms with van der Waals surface area (Å²) in [5.41, 5.74) is 1.16. The number of carbonyl (C=O) groups is 2. The van der Waals surface area contributed by atoms with Crippen LogP contribution in [0, 0.1) is 0 Å². The van der Waals surface area contributed by atoms with Crippen LogP contribution in [0.25, 0.3) is 5.76 Å². The number of rotatable bonds is 9. The third kappa shape index (κ3) is 5.55. The summed E-state index contributed by atoms with van der Waals surface area (Å²) in [5, 5.41) is 11.3. The van der Waals surface area contributed by atoms with Crippen molar-refractivity contribution in [2.45, 2.75) is 32.4 Å². The van der Waals surface area contributed by atoms with Gasteiger partial charge in [0.25, 0.3) is 11.7 Å². The normalized spacial score (nSPS) is 20.2. The molecule has 2 fully saturated rings. The van der Waals surface area contributed by atoms with Crippen molar-refractivity contribution < 1.29 is 28.9 Å². The highest BCUT2D eigenvalue weighted by Gasteiger charge is 2.46. The van der Waals surface area contributed by atoms with Gasteiger partial charge in [0.1, 0.15) is 17.3 Å². The smallest absolute Gasteiger partial charge is 0.295 e. The summed E-state index contributed by atoms with van der Waals surface area (Å²) in [6.45, 7) is 8.14. The third-order valence-corrected chi connectivity index (χ3v) is 6.45. The number of likely N-dealkylation sites (tertiary alicyclic amines) is 1. The predicted molar refractivity (Wildman–Crippen MR) is 136 cm³/mol. The Bertz CT molecular complexity index is 1110. The lowest BCUT2D eigenvalue weighted by molar-refractivity contribution is -0.140. The van der Waals surface area contributed by atoms with Gasteiger partial charge in [-0.05, 0) is 50.6 Å². The van der Waals surface area contributed by atoms with E-state index < -0.39 is 17.7 Å². The molecule has 0 aromatic heterocycles. The standard InChI is InChI=1S/C28H34N2O6/c1-19(2)36-21-11-9-20(10-12-21)26(31)24-25(22-7-4-5-8-23(22)34-3)30(28(33)27(24)32)14-6-13-29-15-17-35-18-16-29/h4-5,7-12,19,25,31H,6,13-18H2,1-3H3/b26-24+/t25-/m0/s1. The average molecular weight is 495 g/mol. The zero-order chi connectivity index (χ0) is 25.7. The molecule has 4 rings (SSSR count). The van der Waals surface area contributed by atoms with Crippen molar-refractivity contribution in [1.82, 2.24) is 9.80 Å². The maximum absolute atomic E-state index is 13.3. The summed E-state index contributed by atoms with van der Waals surface area (Å²) < 4.78 is 16.7. The van der Waals surface area contributed by atoms with Gasteiger partial charge in [-0.3, -0.25) is 14.5 Å². The van der Waals surface area contributed by atoms with E-state index in [9.17, 15) is 14.7 Å². The highest BCUT2D eigenvalue weighted by atomic mass is 16.5. The van der Waals surface area contributed by atoms with Crippen LogP contribution in [0.4, 0.5) is 0 Å². The molecule has 0 aliphatic carbocycles. The predicted octanol–water partition coefficient (Wildman–Crippen LogP) is 3.63. The van der Waals surface area contributed by atoms with E-state index in [1.165, 1.54) is 0 Å². The van der Waals surface area contributed by atoms with E-state index in [0.717, 1.165) is 19.6 Å². The van der Waals surface area contributed by atoms with Gasteiger partial charge in [-0.15, -0.1) is 0 Å². The molecule has 2 aliphatic heterocycles. The molecule has 8 nitrogen and oxygen atoms in total. The van der Waals surface area contributed by atoms with E-state index in [-0.39, 0.29) is 17.4 Å². The second kappa shape index (κ2) is 11.6. The lowest BCUT2D eigenvalue weighted by Crippen LogP contribution is -2.39.